The Morgan fingerprint density at radius 1 is 1.06 bits per heavy atom. The van der Waals surface area contributed by atoms with E-state index in [0.29, 0.717) is 11.2 Å². The van der Waals surface area contributed by atoms with E-state index in [1.807, 2.05) is 6.92 Å². The molecule has 0 N–H and O–H groups in total. The maximum atomic E-state index is 12.4. The lowest BCUT2D eigenvalue weighted by Crippen LogP contribution is -2.51. The molecule has 2 nitrogen and oxygen atoms in total. The van der Waals surface area contributed by atoms with Crippen molar-refractivity contribution in [3.8, 4) is 0 Å². The van der Waals surface area contributed by atoms with Crippen LogP contribution in [0.4, 0.5) is 13.2 Å². The lowest BCUT2D eigenvalue weighted by Gasteiger charge is -2.26. The third kappa shape index (κ3) is 2.88. The molecule has 0 saturated carbocycles. The normalized spacial score (nSPS) is 12.8. The van der Waals surface area contributed by atoms with Crippen LogP contribution in [-0.2, 0) is 15.0 Å². The summed E-state index contributed by atoms with van der Waals surface area (Å²) < 4.78 is 48.0. The van der Waals surface area contributed by atoms with Gasteiger partial charge in [-0.3, -0.25) is 0 Å². The van der Waals surface area contributed by atoms with Crippen molar-refractivity contribution in [3.63, 3.8) is 0 Å². The Bertz CT molecular complexity index is 350. The fraction of sp³-hybridized carbons (Fsp3) is 0.455. The summed E-state index contributed by atoms with van der Waals surface area (Å²) in [6, 6.07) is 5.64. The molecule has 0 heterocycles. The topological polar surface area (TPSA) is 18.5 Å². The smallest absolute Gasteiger partial charge is 0.394 e. The van der Waals surface area contributed by atoms with Crippen LogP contribution in [-0.4, -0.2) is 22.8 Å². The van der Waals surface area contributed by atoms with Crippen LogP contribution in [0.1, 0.15) is 12.5 Å². The molecule has 0 amide bonds. The zero-order valence-corrected chi connectivity index (χ0v) is 11.0. The van der Waals surface area contributed by atoms with Crippen LogP contribution in [0.15, 0.2) is 24.3 Å². The van der Waals surface area contributed by atoms with Gasteiger partial charge in [-0.2, -0.15) is 13.2 Å². The van der Waals surface area contributed by atoms with Gasteiger partial charge in [0.05, 0.1) is 5.56 Å². The fourth-order valence-electron chi connectivity index (χ4n) is 1.72. The van der Waals surface area contributed by atoms with Gasteiger partial charge in [0.1, 0.15) is 0 Å². The zero-order valence-electron chi connectivity index (χ0n) is 9.97. The summed E-state index contributed by atoms with van der Waals surface area (Å²) in [5.74, 6) is 0. The van der Waals surface area contributed by atoms with E-state index in [-0.39, 0.29) is 0 Å². The molecule has 0 aliphatic rings. The first-order chi connectivity index (χ1) is 7.89. The van der Waals surface area contributed by atoms with E-state index in [9.17, 15) is 13.2 Å². The standard InChI is InChI=1S/C11H15F3O2Si/c1-4-17(15-2,16-3)10-7-5-9(6-8-10)11(12,13)14/h5-8H,4H2,1-3H3. The minimum atomic E-state index is -4.31. The van der Waals surface area contributed by atoms with Gasteiger partial charge in [-0.15, -0.1) is 0 Å². The molecular formula is C11H15F3O2Si. The van der Waals surface area contributed by atoms with Crippen LogP contribution in [0.5, 0.6) is 0 Å². The number of alkyl halides is 3. The fourth-order valence-corrected chi connectivity index (χ4v) is 4.02. The third-order valence-corrected chi connectivity index (χ3v) is 6.24. The molecule has 17 heavy (non-hydrogen) atoms. The number of halogens is 3. The molecule has 0 atom stereocenters. The van der Waals surface area contributed by atoms with Gasteiger partial charge in [0.15, 0.2) is 0 Å². The summed E-state index contributed by atoms with van der Waals surface area (Å²) in [6.07, 6.45) is -4.31. The Morgan fingerprint density at radius 2 is 1.53 bits per heavy atom. The highest BCUT2D eigenvalue weighted by Crippen LogP contribution is 2.28. The van der Waals surface area contributed by atoms with E-state index in [4.69, 9.17) is 8.85 Å². The van der Waals surface area contributed by atoms with Crippen LogP contribution in [0.2, 0.25) is 6.04 Å². The Morgan fingerprint density at radius 3 is 1.82 bits per heavy atom. The lowest BCUT2D eigenvalue weighted by atomic mass is 10.2. The van der Waals surface area contributed by atoms with Crippen LogP contribution >= 0.6 is 0 Å². The second-order valence-electron chi connectivity index (χ2n) is 3.59. The number of hydrogen-bond donors (Lipinski definition) is 0. The van der Waals surface area contributed by atoms with Crippen LogP contribution in [0.25, 0.3) is 0 Å². The number of hydrogen-bond acceptors (Lipinski definition) is 2. The average Bonchev–Trinajstić information content (AvgIpc) is 2.32. The van der Waals surface area contributed by atoms with Crippen molar-refractivity contribution in [2.24, 2.45) is 0 Å². The lowest BCUT2D eigenvalue weighted by molar-refractivity contribution is -0.137. The van der Waals surface area contributed by atoms with Gasteiger partial charge in [0.25, 0.3) is 0 Å². The minimum Gasteiger partial charge on any atom is -0.394 e. The highest BCUT2D eigenvalue weighted by atomic mass is 28.4. The molecule has 0 bridgehead atoms. The van der Waals surface area contributed by atoms with E-state index < -0.39 is 20.3 Å². The van der Waals surface area contributed by atoms with Crippen molar-refractivity contribution >= 4 is 13.7 Å². The van der Waals surface area contributed by atoms with Gasteiger partial charge >= 0.3 is 14.7 Å². The van der Waals surface area contributed by atoms with Gasteiger partial charge in [-0.25, -0.2) is 0 Å². The van der Waals surface area contributed by atoms with Gasteiger partial charge in [0.2, 0.25) is 0 Å². The SMILES string of the molecule is CC[Si](OC)(OC)c1ccc(C(F)(F)F)cc1. The summed E-state index contributed by atoms with van der Waals surface area (Å²) in [6.45, 7) is 1.90. The first kappa shape index (κ1) is 14.2. The summed E-state index contributed by atoms with van der Waals surface area (Å²) in [7, 11) is 0.507. The molecule has 0 aliphatic carbocycles. The molecule has 0 radical (unpaired) electrons. The van der Waals surface area contributed by atoms with Crippen molar-refractivity contribution < 1.29 is 22.0 Å². The van der Waals surface area contributed by atoms with Crippen molar-refractivity contribution in [2.75, 3.05) is 14.2 Å². The molecule has 1 rings (SSSR count). The molecule has 6 heteroatoms. The molecule has 0 aromatic heterocycles. The average molecular weight is 264 g/mol. The third-order valence-electron chi connectivity index (χ3n) is 2.78. The molecule has 0 unspecified atom stereocenters. The predicted octanol–water partition coefficient (Wildman–Crippen LogP) is 2.67. The van der Waals surface area contributed by atoms with E-state index in [1.165, 1.54) is 26.4 Å². The minimum absolute atomic E-state index is 0.644. The maximum Gasteiger partial charge on any atom is 0.416 e. The highest BCUT2D eigenvalue weighted by Gasteiger charge is 2.37. The largest absolute Gasteiger partial charge is 0.416 e. The van der Waals surface area contributed by atoms with Gasteiger partial charge in [-0.05, 0) is 23.4 Å². The predicted molar refractivity (Wildman–Crippen MR) is 61.3 cm³/mol. The van der Waals surface area contributed by atoms with E-state index >= 15 is 0 Å². The second kappa shape index (κ2) is 5.20. The quantitative estimate of drug-likeness (QED) is 0.778. The zero-order chi connectivity index (χ0) is 13.1. The summed E-state index contributed by atoms with van der Waals surface area (Å²) in [5.41, 5.74) is -0.660. The van der Waals surface area contributed by atoms with Crippen LogP contribution < -0.4 is 5.19 Å². The van der Waals surface area contributed by atoms with Gasteiger partial charge in [-0.1, -0.05) is 19.1 Å². The molecule has 0 fully saturated rings. The molecule has 0 spiro atoms. The van der Waals surface area contributed by atoms with E-state index in [1.54, 1.807) is 0 Å². The summed E-state index contributed by atoms with van der Waals surface area (Å²) in [4.78, 5) is 0. The monoisotopic (exact) mass is 264 g/mol. The summed E-state index contributed by atoms with van der Waals surface area (Å²) >= 11 is 0. The molecular weight excluding hydrogens is 249 g/mol. The Hall–Kier alpha value is -0.853. The molecule has 1 aromatic rings. The second-order valence-corrected chi connectivity index (χ2v) is 7.20. The Balaban J connectivity index is 3.09. The van der Waals surface area contributed by atoms with Crippen LogP contribution in [0, 0.1) is 0 Å². The van der Waals surface area contributed by atoms with Gasteiger partial charge < -0.3 is 8.85 Å². The first-order valence-corrected chi connectivity index (χ1v) is 7.20. The van der Waals surface area contributed by atoms with E-state index in [2.05, 4.69) is 0 Å². The molecule has 1 aromatic carbocycles. The number of rotatable bonds is 4. The van der Waals surface area contributed by atoms with Crippen LogP contribution in [0.3, 0.4) is 0 Å². The van der Waals surface area contributed by atoms with Crippen molar-refractivity contribution in [1.82, 2.24) is 0 Å². The van der Waals surface area contributed by atoms with Crippen molar-refractivity contribution in [2.45, 2.75) is 19.1 Å². The van der Waals surface area contributed by atoms with Crippen molar-refractivity contribution in [3.05, 3.63) is 29.8 Å². The maximum absolute atomic E-state index is 12.4. The molecule has 0 aliphatic heterocycles. The Kier molecular flexibility index (Phi) is 4.35. The van der Waals surface area contributed by atoms with Crippen molar-refractivity contribution in [1.29, 1.82) is 0 Å². The molecule has 0 saturated heterocycles. The highest BCUT2D eigenvalue weighted by molar-refractivity contribution is 6.80. The molecule has 96 valence electrons. The number of benzene rings is 1. The summed E-state index contributed by atoms with van der Waals surface area (Å²) in [5, 5.41) is 0.706. The Labute approximate surface area is 99.6 Å². The first-order valence-electron chi connectivity index (χ1n) is 5.17. The van der Waals surface area contributed by atoms with Gasteiger partial charge in [0, 0.05) is 14.2 Å². The van der Waals surface area contributed by atoms with E-state index in [0.717, 1.165) is 12.1 Å².